The number of nitrogens with zero attached hydrogens (tertiary/aromatic N) is 1. The lowest BCUT2D eigenvalue weighted by molar-refractivity contribution is 0.423. The molecule has 0 heterocycles. The largest absolute Gasteiger partial charge is 0.349 e. The number of anilines is 1. The predicted molar refractivity (Wildman–Crippen MR) is 79.6 cm³/mol. The Labute approximate surface area is 110 Å². The molecule has 1 N–H and O–H groups in total. The van der Waals surface area contributed by atoms with Crippen molar-refractivity contribution >= 4 is 23.0 Å². The summed E-state index contributed by atoms with van der Waals surface area (Å²) in [5.74, 6) is 0. The number of nitrogens with one attached hydrogen (secondary N) is 1. The van der Waals surface area contributed by atoms with E-state index in [0.29, 0.717) is 0 Å². The first kappa shape index (κ1) is 14.0. The highest BCUT2D eigenvalue weighted by Gasteiger charge is 2.07. The highest BCUT2D eigenvalue weighted by atomic mass is 32.1. The fraction of sp³-hybridized carbons (Fsp3) is 0.500. The minimum Gasteiger partial charge on any atom is -0.349 e. The van der Waals surface area contributed by atoms with E-state index in [2.05, 4.69) is 49.2 Å². The molecule has 0 atom stereocenters. The Bertz CT molecular complexity index is 357. The molecule has 1 rings (SSSR count). The summed E-state index contributed by atoms with van der Waals surface area (Å²) in [6.45, 7) is 8.48. The van der Waals surface area contributed by atoms with Crippen LogP contribution in [0.15, 0.2) is 24.3 Å². The van der Waals surface area contributed by atoms with Gasteiger partial charge in [-0.3, -0.25) is 0 Å². The Morgan fingerprint density at radius 3 is 2.41 bits per heavy atom. The van der Waals surface area contributed by atoms with Crippen molar-refractivity contribution in [2.75, 3.05) is 18.4 Å². The molecular formula is C14H22N2S. The monoisotopic (exact) mass is 250 g/mol. The van der Waals surface area contributed by atoms with Gasteiger partial charge in [-0.25, -0.2) is 0 Å². The lowest BCUT2D eigenvalue weighted by Gasteiger charge is -2.25. The van der Waals surface area contributed by atoms with Gasteiger partial charge in [0.25, 0.3) is 0 Å². The van der Waals surface area contributed by atoms with Crippen LogP contribution in [0.3, 0.4) is 0 Å². The van der Waals surface area contributed by atoms with Gasteiger partial charge in [0.2, 0.25) is 0 Å². The summed E-state index contributed by atoms with van der Waals surface area (Å²) in [6, 6.07) is 8.30. The fourth-order valence-electron chi connectivity index (χ4n) is 1.78. The maximum Gasteiger partial charge on any atom is 0.173 e. The smallest absolute Gasteiger partial charge is 0.173 e. The van der Waals surface area contributed by atoms with E-state index in [1.165, 1.54) is 5.56 Å². The van der Waals surface area contributed by atoms with Crippen LogP contribution >= 0.6 is 12.2 Å². The average molecular weight is 250 g/mol. The van der Waals surface area contributed by atoms with Crippen molar-refractivity contribution in [2.24, 2.45) is 0 Å². The van der Waals surface area contributed by atoms with Gasteiger partial charge in [0.05, 0.1) is 0 Å². The summed E-state index contributed by atoms with van der Waals surface area (Å²) in [5, 5.41) is 4.14. The zero-order chi connectivity index (χ0) is 12.7. The molecule has 94 valence electrons. The Kier molecular flexibility index (Phi) is 5.98. The predicted octanol–water partition coefficient (Wildman–Crippen LogP) is 3.81. The molecular weight excluding hydrogens is 228 g/mol. The summed E-state index contributed by atoms with van der Waals surface area (Å²) in [5.41, 5.74) is 2.32. The van der Waals surface area contributed by atoms with E-state index >= 15 is 0 Å². The average Bonchev–Trinajstić information content (AvgIpc) is 2.28. The normalized spacial score (nSPS) is 10.1. The molecule has 1 aromatic rings. The first-order chi connectivity index (χ1) is 8.17. The number of benzene rings is 1. The summed E-state index contributed by atoms with van der Waals surface area (Å²) >= 11 is 5.45. The summed E-state index contributed by atoms with van der Waals surface area (Å²) < 4.78 is 0. The van der Waals surface area contributed by atoms with Crippen LogP contribution in [0, 0.1) is 6.92 Å². The Morgan fingerprint density at radius 1 is 1.24 bits per heavy atom. The fourth-order valence-corrected chi connectivity index (χ4v) is 2.08. The van der Waals surface area contributed by atoms with Crippen molar-refractivity contribution in [3.05, 3.63) is 29.8 Å². The highest BCUT2D eigenvalue weighted by Crippen LogP contribution is 2.11. The number of aryl methyl sites for hydroxylation is 1. The molecule has 2 nitrogen and oxygen atoms in total. The van der Waals surface area contributed by atoms with Gasteiger partial charge < -0.3 is 10.2 Å². The van der Waals surface area contributed by atoms with Crippen LogP contribution in [0.5, 0.6) is 0 Å². The third kappa shape index (κ3) is 4.73. The van der Waals surface area contributed by atoms with Crippen LogP contribution in [-0.2, 0) is 0 Å². The molecule has 0 aliphatic carbocycles. The van der Waals surface area contributed by atoms with Gasteiger partial charge in [-0.1, -0.05) is 26.0 Å². The Balaban J connectivity index is 2.62. The molecule has 3 heteroatoms. The molecule has 0 spiro atoms. The Hall–Kier alpha value is -1.09. The quantitative estimate of drug-likeness (QED) is 0.800. The van der Waals surface area contributed by atoms with Crippen LogP contribution in [-0.4, -0.2) is 23.1 Å². The summed E-state index contributed by atoms with van der Waals surface area (Å²) in [4.78, 5) is 2.23. The van der Waals surface area contributed by atoms with Gasteiger partial charge in [-0.05, 0) is 49.7 Å². The topological polar surface area (TPSA) is 15.3 Å². The van der Waals surface area contributed by atoms with Gasteiger partial charge in [0.15, 0.2) is 5.11 Å². The van der Waals surface area contributed by atoms with Crippen molar-refractivity contribution in [3.63, 3.8) is 0 Å². The number of hydrogen-bond acceptors (Lipinski definition) is 1. The van der Waals surface area contributed by atoms with Gasteiger partial charge in [-0.15, -0.1) is 0 Å². The molecule has 0 radical (unpaired) electrons. The third-order valence-electron chi connectivity index (χ3n) is 2.54. The van der Waals surface area contributed by atoms with Crippen LogP contribution in [0.4, 0.5) is 5.69 Å². The molecule has 0 aliphatic rings. The van der Waals surface area contributed by atoms with Crippen molar-refractivity contribution in [1.82, 2.24) is 4.90 Å². The maximum absolute atomic E-state index is 5.45. The zero-order valence-electron chi connectivity index (χ0n) is 11.0. The first-order valence-corrected chi connectivity index (χ1v) is 6.70. The van der Waals surface area contributed by atoms with Crippen molar-refractivity contribution in [3.8, 4) is 0 Å². The van der Waals surface area contributed by atoms with Crippen molar-refractivity contribution < 1.29 is 0 Å². The molecule has 0 aliphatic heterocycles. The number of thiocarbonyl (C=S) groups is 1. The minimum atomic E-state index is 0.833. The molecule has 1 aromatic carbocycles. The molecule has 0 saturated carbocycles. The highest BCUT2D eigenvalue weighted by molar-refractivity contribution is 7.80. The number of hydrogen-bond donors (Lipinski definition) is 1. The zero-order valence-corrected chi connectivity index (χ0v) is 11.8. The van der Waals surface area contributed by atoms with Crippen LogP contribution in [0.25, 0.3) is 0 Å². The van der Waals surface area contributed by atoms with E-state index in [1.807, 2.05) is 6.07 Å². The van der Waals surface area contributed by atoms with Crippen LogP contribution in [0.1, 0.15) is 32.3 Å². The lowest BCUT2D eigenvalue weighted by atomic mass is 10.2. The molecule has 0 unspecified atom stereocenters. The van der Waals surface area contributed by atoms with Crippen molar-refractivity contribution in [1.29, 1.82) is 0 Å². The number of rotatable bonds is 5. The van der Waals surface area contributed by atoms with Gasteiger partial charge >= 0.3 is 0 Å². The second-order valence-electron chi connectivity index (χ2n) is 4.29. The molecule has 0 bridgehead atoms. The van der Waals surface area contributed by atoms with Gasteiger partial charge in [0, 0.05) is 18.8 Å². The summed E-state index contributed by atoms with van der Waals surface area (Å²) in [7, 11) is 0. The van der Waals surface area contributed by atoms with E-state index in [0.717, 1.165) is 36.7 Å². The first-order valence-electron chi connectivity index (χ1n) is 6.30. The molecule has 0 aromatic heterocycles. The van der Waals surface area contributed by atoms with E-state index in [9.17, 15) is 0 Å². The SMILES string of the molecule is CCCN(CCC)C(=S)Nc1cccc(C)c1. The molecule has 17 heavy (non-hydrogen) atoms. The van der Waals surface area contributed by atoms with E-state index in [1.54, 1.807) is 0 Å². The maximum atomic E-state index is 5.45. The standard InChI is InChI=1S/C14H22N2S/c1-4-9-16(10-5-2)14(17)15-13-8-6-7-12(3)11-13/h6-8,11H,4-5,9-10H2,1-3H3,(H,15,17). The van der Waals surface area contributed by atoms with Crippen LogP contribution < -0.4 is 5.32 Å². The second-order valence-corrected chi connectivity index (χ2v) is 4.67. The summed E-state index contributed by atoms with van der Waals surface area (Å²) in [6.07, 6.45) is 2.24. The molecule has 0 fully saturated rings. The lowest BCUT2D eigenvalue weighted by Crippen LogP contribution is -2.35. The van der Waals surface area contributed by atoms with Gasteiger partial charge in [0.1, 0.15) is 0 Å². The molecule has 0 amide bonds. The second kappa shape index (κ2) is 7.28. The van der Waals surface area contributed by atoms with Crippen molar-refractivity contribution in [2.45, 2.75) is 33.6 Å². The van der Waals surface area contributed by atoms with Crippen LogP contribution in [0.2, 0.25) is 0 Å². The Morgan fingerprint density at radius 2 is 1.88 bits per heavy atom. The van der Waals surface area contributed by atoms with Gasteiger partial charge in [-0.2, -0.15) is 0 Å². The molecule has 0 saturated heterocycles. The minimum absolute atomic E-state index is 0.833. The van der Waals surface area contributed by atoms with E-state index < -0.39 is 0 Å². The van der Waals surface area contributed by atoms with E-state index in [-0.39, 0.29) is 0 Å². The van der Waals surface area contributed by atoms with E-state index in [4.69, 9.17) is 12.2 Å². The third-order valence-corrected chi connectivity index (χ3v) is 2.90.